The fraction of sp³-hybridized carbons (Fsp3) is 0.158. The van der Waals surface area contributed by atoms with Gasteiger partial charge in [-0.2, -0.15) is 0 Å². The molecule has 1 aliphatic carbocycles. The summed E-state index contributed by atoms with van der Waals surface area (Å²) in [6.45, 7) is 0. The Bertz CT molecular complexity index is 950. The summed E-state index contributed by atoms with van der Waals surface area (Å²) in [6, 6.07) is 11.9. The molecule has 1 heterocycles. The molecule has 0 unspecified atom stereocenters. The lowest BCUT2D eigenvalue weighted by Gasteiger charge is -2.12. The van der Waals surface area contributed by atoms with E-state index in [0.29, 0.717) is 16.5 Å². The second-order valence-electron chi connectivity index (χ2n) is 5.86. The second-order valence-corrected chi connectivity index (χ2v) is 5.86. The minimum absolute atomic E-state index is 0.0168. The highest BCUT2D eigenvalue weighted by Crippen LogP contribution is 2.43. The summed E-state index contributed by atoms with van der Waals surface area (Å²) in [5.74, 6) is -1.26. The molecule has 0 saturated heterocycles. The molecule has 1 saturated carbocycles. The highest BCUT2D eigenvalue weighted by atomic mass is 19.1. The Morgan fingerprint density at radius 2 is 1.92 bits per heavy atom. The predicted molar refractivity (Wildman–Crippen MR) is 87.2 cm³/mol. The molecular formula is C19H14FNO3. The van der Waals surface area contributed by atoms with Gasteiger partial charge < -0.3 is 9.84 Å². The number of pyridine rings is 1. The lowest BCUT2D eigenvalue weighted by molar-refractivity contribution is 0.0696. The van der Waals surface area contributed by atoms with Crippen LogP contribution in [0.15, 0.2) is 48.7 Å². The van der Waals surface area contributed by atoms with Gasteiger partial charge in [0.05, 0.1) is 11.7 Å². The Balaban J connectivity index is 1.81. The highest BCUT2D eigenvalue weighted by molar-refractivity contribution is 6.04. The molecule has 5 heteroatoms. The van der Waals surface area contributed by atoms with Gasteiger partial charge in [-0.25, -0.2) is 9.18 Å². The SMILES string of the molecule is O=C(O)c1c(Oc2cccc(C3CC3)c2F)cnc2ccccc12. The van der Waals surface area contributed by atoms with Crippen molar-refractivity contribution in [3.63, 3.8) is 0 Å². The molecule has 0 bridgehead atoms. The average Bonchev–Trinajstić information content (AvgIpc) is 3.41. The number of ether oxygens (including phenoxy) is 1. The van der Waals surface area contributed by atoms with E-state index in [4.69, 9.17) is 4.74 Å². The Kier molecular flexibility index (Phi) is 3.41. The van der Waals surface area contributed by atoms with Crippen molar-refractivity contribution in [2.45, 2.75) is 18.8 Å². The number of aromatic carboxylic acids is 1. The van der Waals surface area contributed by atoms with Crippen molar-refractivity contribution >= 4 is 16.9 Å². The molecule has 0 aliphatic heterocycles. The van der Waals surface area contributed by atoms with Crippen LogP contribution in [0.5, 0.6) is 11.5 Å². The minimum Gasteiger partial charge on any atom is -0.478 e. The number of para-hydroxylation sites is 1. The number of hydrogen-bond acceptors (Lipinski definition) is 3. The molecule has 24 heavy (non-hydrogen) atoms. The van der Waals surface area contributed by atoms with Crippen molar-refractivity contribution in [1.29, 1.82) is 0 Å². The number of halogens is 1. The Morgan fingerprint density at radius 1 is 1.12 bits per heavy atom. The van der Waals surface area contributed by atoms with E-state index in [9.17, 15) is 14.3 Å². The molecule has 1 aromatic heterocycles. The molecule has 0 radical (unpaired) electrons. The van der Waals surface area contributed by atoms with Crippen LogP contribution in [0.25, 0.3) is 10.9 Å². The van der Waals surface area contributed by atoms with Crippen LogP contribution >= 0.6 is 0 Å². The third kappa shape index (κ3) is 2.48. The third-order valence-corrected chi connectivity index (χ3v) is 4.18. The van der Waals surface area contributed by atoms with Crippen LogP contribution in [0.2, 0.25) is 0 Å². The van der Waals surface area contributed by atoms with E-state index in [1.807, 2.05) is 0 Å². The van der Waals surface area contributed by atoms with Gasteiger partial charge in [0.25, 0.3) is 0 Å². The first-order valence-corrected chi connectivity index (χ1v) is 7.72. The number of benzene rings is 2. The molecule has 2 aromatic carbocycles. The summed E-state index contributed by atoms with van der Waals surface area (Å²) in [7, 11) is 0. The van der Waals surface area contributed by atoms with E-state index in [0.717, 1.165) is 12.8 Å². The van der Waals surface area contributed by atoms with Crippen molar-refractivity contribution in [3.8, 4) is 11.5 Å². The topological polar surface area (TPSA) is 59.4 Å². The first-order valence-electron chi connectivity index (χ1n) is 7.72. The number of aromatic nitrogens is 1. The van der Waals surface area contributed by atoms with Crippen LogP contribution in [-0.4, -0.2) is 16.1 Å². The van der Waals surface area contributed by atoms with Crippen LogP contribution < -0.4 is 4.74 Å². The van der Waals surface area contributed by atoms with E-state index < -0.39 is 11.8 Å². The van der Waals surface area contributed by atoms with Gasteiger partial charge in [0.1, 0.15) is 5.56 Å². The smallest absolute Gasteiger partial charge is 0.340 e. The average molecular weight is 323 g/mol. The monoisotopic (exact) mass is 323 g/mol. The molecule has 0 spiro atoms. The summed E-state index contributed by atoms with van der Waals surface area (Å²) >= 11 is 0. The van der Waals surface area contributed by atoms with Gasteiger partial charge in [-0.15, -0.1) is 0 Å². The van der Waals surface area contributed by atoms with Gasteiger partial charge in [0, 0.05) is 5.39 Å². The Labute approximate surface area is 137 Å². The third-order valence-electron chi connectivity index (χ3n) is 4.18. The summed E-state index contributed by atoms with van der Waals surface area (Å²) in [5, 5.41) is 10.0. The number of rotatable bonds is 4. The molecule has 120 valence electrons. The quantitative estimate of drug-likeness (QED) is 0.753. The normalized spacial score (nSPS) is 13.9. The molecular weight excluding hydrogens is 309 g/mol. The lowest BCUT2D eigenvalue weighted by Crippen LogP contribution is -2.03. The maximum absolute atomic E-state index is 14.6. The Hall–Kier alpha value is -2.95. The largest absolute Gasteiger partial charge is 0.478 e. The lowest BCUT2D eigenvalue weighted by atomic mass is 10.1. The second kappa shape index (κ2) is 5.60. The zero-order valence-corrected chi connectivity index (χ0v) is 12.7. The maximum Gasteiger partial charge on any atom is 0.340 e. The van der Waals surface area contributed by atoms with Gasteiger partial charge in [0.15, 0.2) is 17.3 Å². The van der Waals surface area contributed by atoms with Gasteiger partial charge in [-0.05, 0) is 36.5 Å². The highest BCUT2D eigenvalue weighted by Gasteiger charge is 2.28. The number of carbonyl (C=O) groups is 1. The standard InChI is InChI=1S/C19H14FNO3/c20-18-12(11-8-9-11)5-3-7-15(18)24-16-10-21-14-6-2-1-4-13(14)17(16)19(22)23/h1-7,10-11H,8-9H2,(H,22,23). The number of nitrogens with zero attached hydrogens (tertiary/aromatic N) is 1. The van der Waals surface area contributed by atoms with Gasteiger partial charge in [0.2, 0.25) is 0 Å². The van der Waals surface area contributed by atoms with Crippen LogP contribution in [0.3, 0.4) is 0 Å². The Morgan fingerprint density at radius 3 is 2.67 bits per heavy atom. The van der Waals surface area contributed by atoms with Crippen molar-refractivity contribution in [2.75, 3.05) is 0 Å². The summed E-state index contributed by atoms with van der Waals surface area (Å²) in [6.07, 6.45) is 3.27. The van der Waals surface area contributed by atoms with E-state index in [2.05, 4.69) is 4.98 Å². The first kappa shape index (κ1) is 14.6. The fourth-order valence-electron chi connectivity index (χ4n) is 2.86. The predicted octanol–water partition coefficient (Wildman–Crippen LogP) is 4.74. The molecule has 0 amide bonds. The number of hydrogen-bond donors (Lipinski definition) is 1. The number of carboxylic acids is 1. The van der Waals surface area contributed by atoms with Gasteiger partial charge in [-0.3, -0.25) is 4.98 Å². The van der Waals surface area contributed by atoms with E-state index >= 15 is 0 Å². The molecule has 4 rings (SSSR count). The van der Waals surface area contributed by atoms with Crippen molar-refractivity contribution < 1.29 is 19.0 Å². The minimum atomic E-state index is -1.14. The maximum atomic E-state index is 14.6. The van der Waals surface area contributed by atoms with Crippen molar-refractivity contribution in [2.24, 2.45) is 0 Å². The van der Waals surface area contributed by atoms with Crippen molar-refractivity contribution in [1.82, 2.24) is 4.98 Å². The van der Waals surface area contributed by atoms with E-state index in [1.165, 1.54) is 12.3 Å². The summed E-state index contributed by atoms with van der Waals surface area (Å²) < 4.78 is 20.2. The van der Waals surface area contributed by atoms with Crippen LogP contribution in [0, 0.1) is 5.82 Å². The van der Waals surface area contributed by atoms with Crippen LogP contribution in [-0.2, 0) is 0 Å². The number of carboxylic acid groups (broad SMARTS) is 1. The van der Waals surface area contributed by atoms with E-state index in [1.54, 1.807) is 36.4 Å². The molecule has 3 aromatic rings. The molecule has 1 aliphatic rings. The fourth-order valence-corrected chi connectivity index (χ4v) is 2.86. The zero-order valence-electron chi connectivity index (χ0n) is 12.7. The molecule has 0 atom stereocenters. The van der Waals surface area contributed by atoms with E-state index in [-0.39, 0.29) is 23.0 Å². The van der Waals surface area contributed by atoms with Gasteiger partial charge >= 0.3 is 5.97 Å². The summed E-state index contributed by atoms with van der Waals surface area (Å²) in [5.41, 5.74) is 1.16. The van der Waals surface area contributed by atoms with Gasteiger partial charge in [-0.1, -0.05) is 30.3 Å². The number of fused-ring (bicyclic) bond motifs is 1. The molecule has 4 nitrogen and oxygen atoms in total. The van der Waals surface area contributed by atoms with Crippen molar-refractivity contribution in [3.05, 3.63) is 65.6 Å². The molecule has 1 fully saturated rings. The summed E-state index contributed by atoms with van der Waals surface area (Å²) in [4.78, 5) is 15.9. The first-order chi connectivity index (χ1) is 11.6. The van der Waals surface area contributed by atoms with Crippen LogP contribution in [0.4, 0.5) is 4.39 Å². The molecule has 1 N–H and O–H groups in total. The van der Waals surface area contributed by atoms with Crippen LogP contribution in [0.1, 0.15) is 34.7 Å². The zero-order chi connectivity index (χ0) is 16.7.